The first-order valence-corrected chi connectivity index (χ1v) is 4.78. The van der Waals surface area contributed by atoms with Crippen LogP contribution < -0.4 is 4.74 Å². The molecule has 0 radical (unpaired) electrons. The molecule has 0 N–H and O–H groups in total. The maximum Gasteiger partial charge on any atom is 0.160 e. The zero-order chi connectivity index (χ0) is 11.4. The second kappa shape index (κ2) is 4.61. The summed E-state index contributed by atoms with van der Waals surface area (Å²) in [5, 5.41) is 8.90. The second-order valence-electron chi connectivity index (χ2n) is 3.26. The van der Waals surface area contributed by atoms with Gasteiger partial charge in [-0.3, -0.25) is 4.79 Å². The molecule has 1 rings (SSSR count). The Hall–Kier alpha value is -1.82. The number of nitrogens with zero attached hydrogens (tertiary/aromatic N) is 1. The van der Waals surface area contributed by atoms with E-state index in [1.807, 2.05) is 19.9 Å². The van der Waals surface area contributed by atoms with Crippen molar-refractivity contribution in [2.75, 3.05) is 6.61 Å². The molecule has 0 aliphatic heterocycles. The van der Waals surface area contributed by atoms with Crippen molar-refractivity contribution in [3.8, 4) is 11.8 Å². The molecule has 0 unspecified atom stereocenters. The molecule has 3 nitrogen and oxygen atoms in total. The van der Waals surface area contributed by atoms with Gasteiger partial charge >= 0.3 is 0 Å². The number of aryl methyl sites for hydroxylation is 1. The summed E-state index contributed by atoms with van der Waals surface area (Å²) < 4.78 is 5.31. The smallest absolute Gasteiger partial charge is 0.160 e. The average molecular weight is 203 g/mol. The van der Waals surface area contributed by atoms with E-state index < -0.39 is 0 Å². The number of nitriles is 1. The molecule has 78 valence electrons. The first kappa shape index (κ1) is 11.3. The van der Waals surface area contributed by atoms with Gasteiger partial charge in [-0.05, 0) is 38.5 Å². The molecular weight excluding hydrogens is 190 g/mol. The molecule has 1 aromatic carbocycles. The van der Waals surface area contributed by atoms with Crippen LogP contribution >= 0.6 is 0 Å². The Balaban J connectivity index is 3.30. The Labute approximate surface area is 89.3 Å². The van der Waals surface area contributed by atoms with Crippen molar-refractivity contribution in [3.05, 3.63) is 28.8 Å². The van der Waals surface area contributed by atoms with Crippen LogP contribution in [0.15, 0.2) is 12.1 Å². The maximum absolute atomic E-state index is 11.3. The van der Waals surface area contributed by atoms with E-state index in [1.54, 1.807) is 12.1 Å². The summed E-state index contributed by atoms with van der Waals surface area (Å²) in [6.45, 7) is 5.69. The van der Waals surface area contributed by atoms with Gasteiger partial charge in [-0.1, -0.05) is 0 Å². The fourth-order valence-electron chi connectivity index (χ4n) is 1.42. The quantitative estimate of drug-likeness (QED) is 0.709. The summed E-state index contributed by atoms with van der Waals surface area (Å²) in [4.78, 5) is 11.3. The number of carbonyl (C=O) groups excluding carboxylic acids is 1. The Morgan fingerprint density at radius 1 is 1.53 bits per heavy atom. The first-order chi connectivity index (χ1) is 7.10. The molecule has 0 aliphatic rings. The second-order valence-corrected chi connectivity index (χ2v) is 3.26. The minimum atomic E-state index is -0.0351. The third kappa shape index (κ3) is 2.35. The third-order valence-corrected chi connectivity index (χ3v) is 2.13. The van der Waals surface area contributed by atoms with E-state index in [9.17, 15) is 4.79 Å². The fourth-order valence-corrected chi connectivity index (χ4v) is 1.42. The Morgan fingerprint density at radius 3 is 2.67 bits per heavy atom. The lowest BCUT2D eigenvalue weighted by atomic mass is 10.0. The number of hydrogen-bond acceptors (Lipinski definition) is 3. The summed E-state index contributed by atoms with van der Waals surface area (Å²) >= 11 is 0. The highest BCUT2D eigenvalue weighted by Crippen LogP contribution is 2.23. The Bertz CT molecular complexity index is 430. The highest BCUT2D eigenvalue weighted by molar-refractivity contribution is 5.96. The standard InChI is InChI=1S/C12H13NO2/c1-4-15-12-5-8(2)11(9(3)14)6-10(12)7-13/h5-6H,4H2,1-3H3. The number of Topliss-reactive ketones (excluding diaryl/α,β-unsaturated/α-hetero) is 1. The number of ether oxygens (including phenoxy) is 1. The van der Waals surface area contributed by atoms with Gasteiger partial charge in [0.05, 0.1) is 12.2 Å². The van der Waals surface area contributed by atoms with Crippen LogP contribution in [0.1, 0.15) is 35.3 Å². The summed E-state index contributed by atoms with van der Waals surface area (Å²) in [6.07, 6.45) is 0. The molecule has 3 heteroatoms. The van der Waals surface area contributed by atoms with Crippen LogP contribution in [-0.2, 0) is 0 Å². The molecule has 0 bridgehead atoms. The van der Waals surface area contributed by atoms with Gasteiger partial charge in [0.1, 0.15) is 11.8 Å². The van der Waals surface area contributed by atoms with Crippen molar-refractivity contribution in [3.63, 3.8) is 0 Å². The van der Waals surface area contributed by atoms with Gasteiger partial charge in [-0.2, -0.15) is 5.26 Å². The zero-order valence-electron chi connectivity index (χ0n) is 9.13. The van der Waals surface area contributed by atoms with Crippen molar-refractivity contribution in [2.24, 2.45) is 0 Å². The summed E-state index contributed by atoms with van der Waals surface area (Å²) in [6, 6.07) is 5.35. The minimum Gasteiger partial charge on any atom is -0.492 e. The lowest BCUT2D eigenvalue weighted by Gasteiger charge is -2.09. The zero-order valence-corrected chi connectivity index (χ0v) is 9.13. The molecule has 0 spiro atoms. The molecule has 0 atom stereocenters. The molecule has 0 amide bonds. The van der Waals surface area contributed by atoms with Gasteiger partial charge in [0.2, 0.25) is 0 Å². The van der Waals surface area contributed by atoms with E-state index in [2.05, 4.69) is 0 Å². The van der Waals surface area contributed by atoms with Gasteiger partial charge in [0, 0.05) is 5.56 Å². The molecule has 0 fully saturated rings. The van der Waals surface area contributed by atoms with E-state index in [4.69, 9.17) is 10.00 Å². The first-order valence-electron chi connectivity index (χ1n) is 4.78. The van der Waals surface area contributed by atoms with Gasteiger partial charge in [0.25, 0.3) is 0 Å². The van der Waals surface area contributed by atoms with Crippen LogP contribution in [0.4, 0.5) is 0 Å². The van der Waals surface area contributed by atoms with Crippen molar-refractivity contribution >= 4 is 5.78 Å². The van der Waals surface area contributed by atoms with Crippen LogP contribution in [-0.4, -0.2) is 12.4 Å². The largest absolute Gasteiger partial charge is 0.492 e. The van der Waals surface area contributed by atoms with Crippen LogP contribution in [0.25, 0.3) is 0 Å². The van der Waals surface area contributed by atoms with Crippen LogP contribution in [0, 0.1) is 18.3 Å². The van der Waals surface area contributed by atoms with E-state index in [0.717, 1.165) is 5.56 Å². The van der Waals surface area contributed by atoms with Crippen LogP contribution in [0.3, 0.4) is 0 Å². The molecule has 0 aromatic heterocycles. The summed E-state index contributed by atoms with van der Waals surface area (Å²) in [5.74, 6) is 0.509. The number of hydrogen-bond donors (Lipinski definition) is 0. The van der Waals surface area contributed by atoms with E-state index >= 15 is 0 Å². The van der Waals surface area contributed by atoms with E-state index in [1.165, 1.54) is 6.92 Å². The Kier molecular flexibility index (Phi) is 3.46. The lowest BCUT2D eigenvalue weighted by molar-refractivity contribution is 0.101. The van der Waals surface area contributed by atoms with Crippen LogP contribution in [0.2, 0.25) is 0 Å². The SMILES string of the molecule is CCOc1cc(C)c(C(C)=O)cc1C#N. The number of ketones is 1. The topological polar surface area (TPSA) is 50.1 Å². The van der Waals surface area contributed by atoms with Gasteiger partial charge < -0.3 is 4.74 Å². The molecule has 0 aliphatic carbocycles. The molecule has 15 heavy (non-hydrogen) atoms. The normalized spacial score (nSPS) is 9.47. The van der Waals surface area contributed by atoms with E-state index in [0.29, 0.717) is 23.5 Å². The molecule has 0 saturated carbocycles. The van der Waals surface area contributed by atoms with Gasteiger partial charge in [-0.15, -0.1) is 0 Å². The molecule has 0 heterocycles. The summed E-state index contributed by atoms with van der Waals surface area (Å²) in [5.41, 5.74) is 1.83. The van der Waals surface area contributed by atoms with Crippen molar-refractivity contribution in [2.45, 2.75) is 20.8 Å². The number of benzene rings is 1. The van der Waals surface area contributed by atoms with Crippen LogP contribution in [0.5, 0.6) is 5.75 Å². The predicted octanol–water partition coefficient (Wildman–Crippen LogP) is 2.47. The molecule has 1 aromatic rings. The predicted molar refractivity (Wildman–Crippen MR) is 57.1 cm³/mol. The average Bonchev–Trinajstić information content (AvgIpc) is 2.18. The fraction of sp³-hybridized carbons (Fsp3) is 0.333. The minimum absolute atomic E-state index is 0.0351. The number of rotatable bonds is 3. The van der Waals surface area contributed by atoms with Gasteiger partial charge in [0.15, 0.2) is 5.78 Å². The number of carbonyl (C=O) groups is 1. The van der Waals surface area contributed by atoms with Crippen molar-refractivity contribution in [1.29, 1.82) is 5.26 Å². The monoisotopic (exact) mass is 203 g/mol. The van der Waals surface area contributed by atoms with Crippen molar-refractivity contribution in [1.82, 2.24) is 0 Å². The third-order valence-electron chi connectivity index (χ3n) is 2.13. The highest BCUT2D eigenvalue weighted by Gasteiger charge is 2.10. The molecule has 0 saturated heterocycles. The molecular formula is C12H13NO2. The highest BCUT2D eigenvalue weighted by atomic mass is 16.5. The van der Waals surface area contributed by atoms with E-state index in [-0.39, 0.29) is 5.78 Å². The summed E-state index contributed by atoms with van der Waals surface area (Å²) in [7, 11) is 0. The Morgan fingerprint density at radius 2 is 2.20 bits per heavy atom. The maximum atomic E-state index is 11.3. The lowest BCUT2D eigenvalue weighted by Crippen LogP contribution is -2.01. The van der Waals surface area contributed by atoms with Gasteiger partial charge in [-0.25, -0.2) is 0 Å². The van der Waals surface area contributed by atoms with Crippen molar-refractivity contribution < 1.29 is 9.53 Å².